The van der Waals surface area contributed by atoms with Gasteiger partial charge in [-0.25, -0.2) is 17.1 Å². The molecule has 0 saturated carbocycles. The third-order valence-corrected chi connectivity index (χ3v) is 5.25. The molecule has 0 radical (unpaired) electrons. The molecule has 2 aromatic carbocycles. The molecule has 1 heterocycles. The molecular weight excluding hydrogens is 333 g/mol. The minimum atomic E-state index is -3.50. The Kier molecular flexibility index (Phi) is 4.16. The second-order valence-corrected chi connectivity index (χ2v) is 7.37. The van der Waals surface area contributed by atoms with Crippen molar-refractivity contribution in [3.8, 4) is 22.8 Å². The second-order valence-electron chi connectivity index (χ2n) is 5.21. The second kappa shape index (κ2) is 6.14. The summed E-state index contributed by atoms with van der Waals surface area (Å²) in [4.78, 5) is 4.32. The normalized spacial score (nSPS) is 11.8. The lowest BCUT2D eigenvalue weighted by Gasteiger charge is -2.10. The van der Waals surface area contributed by atoms with Gasteiger partial charge in [-0.3, -0.25) is 0 Å². The molecule has 0 unspecified atom stereocenters. The highest BCUT2D eigenvalue weighted by molar-refractivity contribution is 7.89. The summed E-state index contributed by atoms with van der Waals surface area (Å²) in [7, 11) is -0.582. The monoisotopic (exact) mass is 347 g/mol. The highest BCUT2D eigenvalue weighted by Gasteiger charge is 2.18. The smallest absolute Gasteiger partial charge is 0.258 e. The van der Waals surface area contributed by atoms with Gasteiger partial charge in [0.25, 0.3) is 5.89 Å². The van der Waals surface area contributed by atoms with Crippen LogP contribution in [0.1, 0.15) is 0 Å². The van der Waals surface area contributed by atoms with Crippen LogP contribution >= 0.6 is 0 Å². The first-order valence-electron chi connectivity index (χ1n) is 7.01. The van der Waals surface area contributed by atoms with E-state index in [1.807, 2.05) is 0 Å². The van der Waals surface area contributed by atoms with E-state index in [2.05, 4.69) is 10.1 Å². The zero-order chi connectivity index (χ0) is 17.3. The maximum absolute atomic E-state index is 13.8. The molecule has 0 N–H and O–H groups in total. The molecule has 124 valence electrons. The van der Waals surface area contributed by atoms with Crippen LogP contribution in [-0.2, 0) is 10.0 Å². The zero-order valence-electron chi connectivity index (χ0n) is 13.0. The fourth-order valence-corrected chi connectivity index (χ4v) is 2.97. The minimum Gasteiger partial charge on any atom is -0.334 e. The standard InChI is InChI=1S/C16H14FN3O3S/c1-20(2)24(21,22)12-9-7-11(8-10-12)16-18-15(19-23-16)13-5-3-4-6-14(13)17/h3-10H,1-2H3. The maximum Gasteiger partial charge on any atom is 0.258 e. The molecule has 6 nitrogen and oxygen atoms in total. The van der Waals surface area contributed by atoms with Crippen molar-refractivity contribution in [3.63, 3.8) is 0 Å². The van der Waals surface area contributed by atoms with Crippen LogP contribution < -0.4 is 0 Å². The van der Waals surface area contributed by atoms with Crippen molar-refractivity contribution in [2.45, 2.75) is 4.90 Å². The van der Waals surface area contributed by atoms with Crippen molar-refractivity contribution in [1.82, 2.24) is 14.4 Å². The number of benzene rings is 2. The van der Waals surface area contributed by atoms with E-state index < -0.39 is 15.8 Å². The average molecular weight is 347 g/mol. The molecule has 0 aliphatic rings. The lowest BCUT2D eigenvalue weighted by Crippen LogP contribution is -2.22. The Morgan fingerprint density at radius 2 is 1.71 bits per heavy atom. The summed E-state index contributed by atoms with van der Waals surface area (Å²) >= 11 is 0. The first-order valence-corrected chi connectivity index (χ1v) is 8.45. The van der Waals surface area contributed by atoms with Gasteiger partial charge in [-0.15, -0.1) is 0 Å². The predicted molar refractivity (Wildman–Crippen MR) is 86.0 cm³/mol. The summed E-state index contributed by atoms with van der Waals surface area (Å²) in [5.41, 5.74) is 0.780. The van der Waals surface area contributed by atoms with Crippen LogP contribution in [0.4, 0.5) is 4.39 Å². The SMILES string of the molecule is CN(C)S(=O)(=O)c1ccc(-c2nc(-c3ccccc3F)no2)cc1. The molecule has 1 aromatic heterocycles. The van der Waals surface area contributed by atoms with Crippen molar-refractivity contribution in [1.29, 1.82) is 0 Å². The molecule has 3 aromatic rings. The topological polar surface area (TPSA) is 76.3 Å². The maximum atomic E-state index is 13.8. The number of hydrogen-bond donors (Lipinski definition) is 0. The molecule has 3 rings (SSSR count). The summed E-state index contributed by atoms with van der Waals surface area (Å²) in [6, 6.07) is 12.2. The molecule has 0 fully saturated rings. The molecule has 0 bridgehead atoms. The van der Waals surface area contributed by atoms with Crippen LogP contribution in [0.5, 0.6) is 0 Å². The van der Waals surface area contributed by atoms with Crippen molar-refractivity contribution in [2.24, 2.45) is 0 Å². The Hall–Kier alpha value is -2.58. The van der Waals surface area contributed by atoms with Crippen molar-refractivity contribution in [2.75, 3.05) is 14.1 Å². The molecular formula is C16H14FN3O3S. The van der Waals surface area contributed by atoms with Gasteiger partial charge in [0.05, 0.1) is 10.5 Å². The van der Waals surface area contributed by atoms with E-state index in [0.29, 0.717) is 5.56 Å². The number of nitrogens with zero attached hydrogens (tertiary/aromatic N) is 3. The molecule has 0 saturated heterocycles. The highest BCUT2D eigenvalue weighted by Crippen LogP contribution is 2.25. The molecule has 0 atom stereocenters. The van der Waals surface area contributed by atoms with E-state index in [0.717, 1.165) is 4.31 Å². The lowest BCUT2D eigenvalue weighted by atomic mass is 10.2. The van der Waals surface area contributed by atoms with E-state index in [-0.39, 0.29) is 22.2 Å². The van der Waals surface area contributed by atoms with Crippen molar-refractivity contribution >= 4 is 10.0 Å². The number of hydrogen-bond acceptors (Lipinski definition) is 5. The Bertz CT molecular complexity index is 966. The van der Waals surface area contributed by atoms with Gasteiger partial charge in [-0.2, -0.15) is 4.98 Å². The third-order valence-electron chi connectivity index (χ3n) is 3.42. The van der Waals surface area contributed by atoms with Crippen LogP contribution in [0.2, 0.25) is 0 Å². The van der Waals surface area contributed by atoms with Gasteiger partial charge in [0, 0.05) is 19.7 Å². The van der Waals surface area contributed by atoms with Gasteiger partial charge in [-0.05, 0) is 36.4 Å². The summed E-state index contributed by atoms with van der Waals surface area (Å²) < 4.78 is 44.1. The number of rotatable bonds is 4. The summed E-state index contributed by atoms with van der Waals surface area (Å²) in [5, 5.41) is 3.77. The third kappa shape index (κ3) is 2.93. The Morgan fingerprint density at radius 3 is 2.33 bits per heavy atom. The lowest BCUT2D eigenvalue weighted by molar-refractivity contribution is 0.432. The molecule has 0 aliphatic heterocycles. The number of aromatic nitrogens is 2. The molecule has 0 amide bonds. The molecule has 0 spiro atoms. The highest BCUT2D eigenvalue weighted by atomic mass is 32.2. The van der Waals surface area contributed by atoms with Crippen molar-refractivity contribution < 1.29 is 17.3 Å². The largest absolute Gasteiger partial charge is 0.334 e. The first kappa shape index (κ1) is 16.3. The Labute approximate surface area is 138 Å². The van der Waals surface area contributed by atoms with Crippen LogP contribution in [0.15, 0.2) is 57.9 Å². The van der Waals surface area contributed by atoms with E-state index in [9.17, 15) is 12.8 Å². The fraction of sp³-hybridized carbons (Fsp3) is 0.125. The zero-order valence-corrected chi connectivity index (χ0v) is 13.8. The average Bonchev–Trinajstić information content (AvgIpc) is 3.05. The van der Waals surface area contributed by atoms with Crippen LogP contribution in [0.25, 0.3) is 22.8 Å². The summed E-state index contributed by atoms with van der Waals surface area (Å²) in [5.74, 6) is -0.132. The van der Waals surface area contributed by atoms with E-state index >= 15 is 0 Å². The Morgan fingerprint density at radius 1 is 1.04 bits per heavy atom. The number of halogens is 1. The molecule has 8 heteroatoms. The van der Waals surface area contributed by atoms with Gasteiger partial charge in [0.2, 0.25) is 15.8 Å². The van der Waals surface area contributed by atoms with Crippen LogP contribution in [0, 0.1) is 5.82 Å². The van der Waals surface area contributed by atoms with Gasteiger partial charge in [0.15, 0.2) is 0 Å². The summed E-state index contributed by atoms with van der Waals surface area (Å²) in [6.07, 6.45) is 0. The molecule has 0 aliphatic carbocycles. The predicted octanol–water partition coefficient (Wildman–Crippen LogP) is 2.79. The fourth-order valence-electron chi connectivity index (χ4n) is 2.07. The number of sulfonamides is 1. The first-order chi connectivity index (χ1) is 11.4. The van der Waals surface area contributed by atoms with Gasteiger partial charge >= 0.3 is 0 Å². The van der Waals surface area contributed by atoms with Gasteiger partial charge in [0.1, 0.15) is 5.82 Å². The van der Waals surface area contributed by atoms with Gasteiger partial charge < -0.3 is 4.52 Å². The van der Waals surface area contributed by atoms with Crippen LogP contribution in [0.3, 0.4) is 0 Å². The quantitative estimate of drug-likeness (QED) is 0.725. The summed E-state index contributed by atoms with van der Waals surface area (Å²) in [6.45, 7) is 0. The van der Waals surface area contributed by atoms with Crippen molar-refractivity contribution in [3.05, 3.63) is 54.3 Å². The van der Waals surface area contributed by atoms with Crippen LogP contribution in [-0.4, -0.2) is 37.0 Å². The van der Waals surface area contributed by atoms with E-state index in [1.54, 1.807) is 30.3 Å². The van der Waals surface area contributed by atoms with E-state index in [4.69, 9.17) is 4.52 Å². The van der Waals surface area contributed by atoms with Gasteiger partial charge in [-0.1, -0.05) is 17.3 Å². The Balaban J connectivity index is 1.93. The molecule has 24 heavy (non-hydrogen) atoms. The van der Waals surface area contributed by atoms with E-state index in [1.165, 1.54) is 32.3 Å². The minimum absolute atomic E-state index is 0.132.